The maximum Gasteiger partial charge on any atom is 0.232 e. The van der Waals surface area contributed by atoms with Crippen LogP contribution in [0.5, 0.6) is 0 Å². The predicted molar refractivity (Wildman–Crippen MR) is 77.0 cm³/mol. The van der Waals surface area contributed by atoms with Crippen LogP contribution in [-0.4, -0.2) is 34.8 Å². The summed E-state index contributed by atoms with van der Waals surface area (Å²) in [5, 5.41) is 3.93. The van der Waals surface area contributed by atoms with E-state index >= 15 is 0 Å². The normalized spacial score (nSPS) is 16.5. The van der Waals surface area contributed by atoms with Crippen molar-refractivity contribution in [2.24, 2.45) is 0 Å². The minimum Gasteiger partial charge on any atom is -0.361 e. The van der Waals surface area contributed by atoms with Gasteiger partial charge in [-0.3, -0.25) is 4.79 Å². The van der Waals surface area contributed by atoms with Crippen LogP contribution in [0.3, 0.4) is 0 Å². The van der Waals surface area contributed by atoms with Crippen molar-refractivity contribution in [3.8, 4) is 0 Å². The molecule has 0 aromatic carbocycles. The molecule has 1 saturated carbocycles. The van der Waals surface area contributed by atoms with Crippen LogP contribution in [0.15, 0.2) is 10.6 Å². The highest BCUT2D eigenvalue weighted by Gasteiger charge is 2.21. The highest BCUT2D eigenvalue weighted by Crippen LogP contribution is 2.22. The molecule has 1 fully saturated rings. The third-order valence-corrected chi connectivity index (χ3v) is 4.62. The number of aryl methyl sites for hydroxylation is 1. The number of rotatable bonds is 5. The third kappa shape index (κ3) is 4.27. The van der Waals surface area contributed by atoms with Crippen LogP contribution < -0.4 is 0 Å². The fourth-order valence-electron chi connectivity index (χ4n) is 2.50. The number of carbonyl (C=O) groups is 1. The molecule has 0 unspecified atom stereocenters. The summed E-state index contributed by atoms with van der Waals surface area (Å²) in [7, 11) is 1.94. The van der Waals surface area contributed by atoms with Crippen molar-refractivity contribution in [1.82, 2.24) is 10.1 Å². The Kier molecular flexibility index (Phi) is 5.31. The van der Waals surface area contributed by atoms with Gasteiger partial charge in [0.05, 0.1) is 11.4 Å². The van der Waals surface area contributed by atoms with E-state index in [9.17, 15) is 4.79 Å². The topological polar surface area (TPSA) is 46.3 Å². The molecule has 1 aromatic rings. The molecule has 0 spiro atoms. The van der Waals surface area contributed by atoms with Crippen molar-refractivity contribution >= 4 is 17.7 Å². The summed E-state index contributed by atoms with van der Waals surface area (Å²) in [5.41, 5.74) is 0.913. The first-order valence-corrected chi connectivity index (χ1v) is 8.08. The van der Waals surface area contributed by atoms with Crippen molar-refractivity contribution in [1.29, 1.82) is 0 Å². The maximum absolute atomic E-state index is 12.1. The zero-order valence-electron chi connectivity index (χ0n) is 11.7. The van der Waals surface area contributed by atoms with E-state index in [-0.39, 0.29) is 5.91 Å². The van der Waals surface area contributed by atoms with Gasteiger partial charge in [0.2, 0.25) is 5.91 Å². The van der Waals surface area contributed by atoms with Crippen molar-refractivity contribution in [3.05, 3.63) is 17.5 Å². The van der Waals surface area contributed by atoms with Gasteiger partial charge in [0.25, 0.3) is 0 Å². The molecular formula is C14H22N2O2S. The Balaban J connectivity index is 1.71. The zero-order chi connectivity index (χ0) is 13.7. The molecule has 1 aromatic heterocycles. The number of hydrogen-bond donors (Lipinski definition) is 0. The summed E-state index contributed by atoms with van der Waals surface area (Å²) in [6.45, 7) is 1.88. The number of hydrogen-bond acceptors (Lipinski definition) is 4. The lowest BCUT2D eigenvalue weighted by Crippen LogP contribution is -2.39. The Labute approximate surface area is 118 Å². The van der Waals surface area contributed by atoms with E-state index in [1.54, 1.807) is 11.8 Å². The highest BCUT2D eigenvalue weighted by atomic mass is 32.2. The third-order valence-electron chi connectivity index (χ3n) is 3.67. The average Bonchev–Trinajstić information content (AvgIpc) is 2.84. The molecule has 1 amide bonds. The van der Waals surface area contributed by atoms with Crippen LogP contribution in [-0.2, 0) is 10.5 Å². The van der Waals surface area contributed by atoms with Gasteiger partial charge in [-0.15, -0.1) is 11.8 Å². The fourth-order valence-corrected chi connectivity index (χ4v) is 3.33. The molecule has 1 aliphatic rings. The second-order valence-electron chi connectivity index (χ2n) is 5.22. The Morgan fingerprint density at radius 3 is 2.84 bits per heavy atom. The lowest BCUT2D eigenvalue weighted by atomic mass is 9.94. The number of nitrogens with zero attached hydrogens (tertiary/aromatic N) is 2. The average molecular weight is 282 g/mol. The fraction of sp³-hybridized carbons (Fsp3) is 0.714. The lowest BCUT2D eigenvalue weighted by Gasteiger charge is -2.31. The van der Waals surface area contributed by atoms with Crippen LogP contribution >= 0.6 is 11.8 Å². The molecule has 2 rings (SSSR count). The zero-order valence-corrected chi connectivity index (χ0v) is 12.5. The molecule has 1 heterocycles. The molecule has 4 nitrogen and oxygen atoms in total. The van der Waals surface area contributed by atoms with E-state index in [2.05, 4.69) is 5.16 Å². The van der Waals surface area contributed by atoms with Crippen LogP contribution in [0.2, 0.25) is 0 Å². The minimum absolute atomic E-state index is 0.233. The van der Waals surface area contributed by atoms with Gasteiger partial charge in [-0.1, -0.05) is 24.4 Å². The van der Waals surface area contributed by atoms with Gasteiger partial charge in [0.1, 0.15) is 5.76 Å². The van der Waals surface area contributed by atoms with E-state index in [1.165, 1.54) is 19.3 Å². The number of carbonyl (C=O) groups excluding carboxylic acids is 1. The molecule has 1 aliphatic carbocycles. The SMILES string of the molecule is Cc1cc(CSCC(=O)N(C)C2CCCCC2)no1. The first kappa shape index (κ1) is 14.4. The molecule has 0 bridgehead atoms. The van der Waals surface area contributed by atoms with Gasteiger partial charge in [0.15, 0.2) is 0 Å². The van der Waals surface area contributed by atoms with Gasteiger partial charge in [-0.05, 0) is 19.8 Å². The van der Waals surface area contributed by atoms with E-state index < -0.39 is 0 Å². The number of amides is 1. The summed E-state index contributed by atoms with van der Waals surface area (Å²) in [4.78, 5) is 14.0. The second-order valence-corrected chi connectivity index (χ2v) is 6.20. The van der Waals surface area contributed by atoms with Crippen molar-refractivity contribution in [3.63, 3.8) is 0 Å². The molecule has 0 aliphatic heterocycles. The number of thioether (sulfide) groups is 1. The largest absolute Gasteiger partial charge is 0.361 e. The second kappa shape index (κ2) is 6.98. The number of aromatic nitrogens is 1. The Morgan fingerprint density at radius 1 is 1.47 bits per heavy atom. The molecule has 0 saturated heterocycles. The smallest absolute Gasteiger partial charge is 0.232 e. The highest BCUT2D eigenvalue weighted by molar-refractivity contribution is 7.99. The van der Waals surface area contributed by atoms with Gasteiger partial charge in [-0.25, -0.2) is 0 Å². The quantitative estimate of drug-likeness (QED) is 0.833. The van der Waals surface area contributed by atoms with E-state index in [0.29, 0.717) is 11.8 Å². The van der Waals surface area contributed by atoms with Gasteiger partial charge in [0, 0.05) is 24.9 Å². The lowest BCUT2D eigenvalue weighted by molar-refractivity contribution is -0.129. The van der Waals surface area contributed by atoms with Gasteiger partial charge >= 0.3 is 0 Å². The van der Waals surface area contributed by atoms with E-state index in [0.717, 1.165) is 30.0 Å². The van der Waals surface area contributed by atoms with Crippen molar-refractivity contribution in [2.75, 3.05) is 12.8 Å². The molecule has 0 radical (unpaired) electrons. The summed E-state index contributed by atoms with van der Waals surface area (Å²) >= 11 is 1.61. The van der Waals surface area contributed by atoms with Crippen molar-refractivity contribution < 1.29 is 9.32 Å². The van der Waals surface area contributed by atoms with Crippen LogP contribution in [0, 0.1) is 6.92 Å². The van der Waals surface area contributed by atoms with E-state index in [4.69, 9.17) is 4.52 Å². The first-order chi connectivity index (χ1) is 9.16. The molecule has 19 heavy (non-hydrogen) atoms. The first-order valence-electron chi connectivity index (χ1n) is 6.92. The van der Waals surface area contributed by atoms with Crippen LogP contribution in [0.4, 0.5) is 0 Å². The summed E-state index contributed by atoms with van der Waals surface area (Å²) < 4.78 is 5.01. The molecule has 5 heteroatoms. The van der Waals surface area contributed by atoms with Crippen LogP contribution in [0.1, 0.15) is 43.6 Å². The molecule has 0 atom stereocenters. The molecule has 106 valence electrons. The summed E-state index contributed by atoms with van der Waals surface area (Å²) in [5.74, 6) is 2.32. The predicted octanol–water partition coefficient (Wildman–Crippen LogP) is 3.01. The van der Waals surface area contributed by atoms with Crippen LogP contribution in [0.25, 0.3) is 0 Å². The van der Waals surface area contributed by atoms with E-state index in [1.807, 2.05) is 24.9 Å². The Bertz CT molecular complexity index is 413. The van der Waals surface area contributed by atoms with Gasteiger partial charge in [-0.2, -0.15) is 0 Å². The molecule has 0 N–H and O–H groups in total. The maximum atomic E-state index is 12.1. The minimum atomic E-state index is 0.233. The Morgan fingerprint density at radius 2 is 2.21 bits per heavy atom. The Hall–Kier alpha value is -0.970. The van der Waals surface area contributed by atoms with Crippen molar-refractivity contribution in [2.45, 2.75) is 50.8 Å². The summed E-state index contributed by atoms with van der Waals surface area (Å²) in [6, 6.07) is 2.37. The molecular weight excluding hydrogens is 260 g/mol. The monoisotopic (exact) mass is 282 g/mol. The standard InChI is InChI=1S/C14H22N2O2S/c1-11-8-12(15-18-11)9-19-10-14(17)16(2)13-6-4-3-5-7-13/h8,13H,3-7,9-10H2,1-2H3. The summed E-state index contributed by atoms with van der Waals surface area (Å²) in [6.07, 6.45) is 6.16. The van der Waals surface area contributed by atoms with Gasteiger partial charge < -0.3 is 9.42 Å².